The largest absolute Gasteiger partial charge is 0.444 e. The van der Waals surface area contributed by atoms with Crippen molar-refractivity contribution >= 4 is 23.3 Å². The number of carbonyl (C=O) groups is 1. The van der Waals surface area contributed by atoms with Crippen molar-refractivity contribution < 1.29 is 18.8 Å². The number of nitrogens with one attached hydrogen (secondary N) is 2. The number of aromatic nitrogens is 1. The molecule has 10 heteroatoms. The Kier molecular flexibility index (Phi) is 7.04. The fourth-order valence-electron chi connectivity index (χ4n) is 3.99. The van der Waals surface area contributed by atoms with E-state index in [1.807, 2.05) is 4.90 Å². The van der Waals surface area contributed by atoms with Gasteiger partial charge in [0, 0.05) is 37.9 Å². The number of amides is 1. The van der Waals surface area contributed by atoms with Crippen molar-refractivity contribution in [1.82, 2.24) is 10.3 Å². The smallest absolute Gasteiger partial charge is 0.407 e. The molecule has 33 heavy (non-hydrogen) atoms. The van der Waals surface area contributed by atoms with Crippen molar-refractivity contribution in [3.05, 3.63) is 45.9 Å². The maximum atomic E-state index is 14.2. The molecule has 0 bridgehead atoms. The van der Waals surface area contributed by atoms with Crippen LogP contribution in [0.25, 0.3) is 11.1 Å². The molecule has 9 nitrogen and oxygen atoms in total. The molecule has 1 amide bonds. The molecule has 178 valence electrons. The van der Waals surface area contributed by atoms with Crippen LogP contribution in [0, 0.1) is 22.9 Å². The zero-order chi connectivity index (χ0) is 24.3. The van der Waals surface area contributed by atoms with Crippen LogP contribution in [0.15, 0.2) is 24.4 Å². The Morgan fingerprint density at radius 3 is 2.48 bits per heavy atom. The van der Waals surface area contributed by atoms with Crippen LogP contribution in [-0.4, -0.2) is 47.8 Å². The summed E-state index contributed by atoms with van der Waals surface area (Å²) in [6.45, 7) is 8.10. The van der Waals surface area contributed by atoms with Crippen LogP contribution in [0.5, 0.6) is 0 Å². The van der Waals surface area contributed by atoms with Gasteiger partial charge in [-0.3, -0.25) is 10.1 Å². The Hall–Kier alpha value is -3.43. The van der Waals surface area contributed by atoms with Gasteiger partial charge in [-0.15, -0.1) is 0 Å². The van der Waals surface area contributed by atoms with Crippen molar-refractivity contribution in [3.8, 4) is 11.1 Å². The number of benzene rings is 1. The summed E-state index contributed by atoms with van der Waals surface area (Å²) < 4.78 is 19.5. The van der Waals surface area contributed by atoms with Crippen molar-refractivity contribution in [3.63, 3.8) is 0 Å². The lowest BCUT2D eigenvalue weighted by Gasteiger charge is -2.35. The number of ether oxygens (including phenoxy) is 1. The van der Waals surface area contributed by atoms with Crippen molar-refractivity contribution in [2.75, 3.05) is 30.4 Å². The number of nitro groups is 1. The quantitative estimate of drug-likeness (QED) is 0.495. The summed E-state index contributed by atoms with van der Waals surface area (Å²) in [6.07, 6.45) is 2.21. The molecule has 1 aliphatic heterocycles. The molecule has 1 aromatic heterocycles. The molecule has 0 spiro atoms. The van der Waals surface area contributed by atoms with Gasteiger partial charge in [-0.05, 0) is 63.8 Å². The average Bonchev–Trinajstić information content (AvgIpc) is 2.71. The summed E-state index contributed by atoms with van der Waals surface area (Å²) >= 11 is 0. The highest BCUT2D eigenvalue weighted by atomic mass is 19.1. The fraction of sp³-hybridized carbons (Fsp3) is 0.478. The van der Waals surface area contributed by atoms with E-state index in [4.69, 9.17) is 4.74 Å². The van der Waals surface area contributed by atoms with Gasteiger partial charge < -0.3 is 20.3 Å². The maximum Gasteiger partial charge on any atom is 0.407 e. The first-order valence-corrected chi connectivity index (χ1v) is 10.9. The lowest BCUT2D eigenvalue weighted by Crippen LogP contribution is -2.46. The maximum absolute atomic E-state index is 14.2. The van der Waals surface area contributed by atoms with Crippen molar-refractivity contribution in [2.24, 2.45) is 0 Å². The number of aryl methyl sites for hydroxylation is 1. The normalized spacial score (nSPS) is 14.7. The van der Waals surface area contributed by atoms with Crippen molar-refractivity contribution in [1.29, 1.82) is 0 Å². The minimum atomic E-state index is -0.593. The first-order chi connectivity index (χ1) is 15.5. The number of alkyl carbamates (subject to hydrolysis) is 1. The van der Waals surface area contributed by atoms with Gasteiger partial charge in [0.15, 0.2) is 0 Å². The van der Waals surface area contributed by atoms with Crippen LogP contribution in [0.4, 0.5) is 26.4 Å². The minimum Gasteiger partial charge on any atom is -0.444 e. The number of nitrogens with zero attached hydrogens (tertiary/aromatic N) is 3. The van der Waals surface area contributed by atoms with Gasteiger partial charge in [0.25, 0.3) is 0 Å². The zero-order valence-corrected chi connectivity index (χ0v) is 19.6. The number of pyridine rings is 1. The highest BCUT2D eigenvalue weighted by molar-refractivity contribution is 5.89. The van der Waals surface area contributed by atoms with Crippen LogP contribution in [0.3, 0.4) is 0 Å². The van der Waals surface area contributed by atoms with Crippen LogP contribution in [0.1, 0.15) is 39.2 Å². The number of hydrogen-bond acceptors (Lipinski definition) is 7. The molecule has 0 radical (unpaired) electrons. The summed E-state index contributed by atoms with van der Waals surface area (Å²) in [6, 6.07) is 4.43. The molecule has 3 rings (SSSR count). The van der Waals surface area contributed by atoms with Gasteiger partial charge in [0.2, 0.25) is 5.82 Å². The highest BCUT2D eigenvalue weighted by Gasteiger charge is 2.32. The average molecular weight is 460 g/mol. The summed E-state index contributed by atoms with van der Waals surface area (Å²) in [5.41, 5.74) is 1.35. The number of rotatable bonds is 5. The van der Waals surface area contributed by atoms with Gasteiger partial charge >= 0.3 is 11.8 Å². The number of hydrogen-bond donors (Lipinski definition) is 2. The van der Waals surface area contributed by atoms with E-state index in [2.05, 4.69) is 15.6 Å². The molecular weight excluding hydrogens is 429 g/mol. The van der Waals surface area contributed by atoms with E-state index in [0.717, 1.165) is 0 Å². The third kappa shape index (κ3) is 5.88. The predicted molar refractivity (Wildman–Crippen MR) is 125 cm³/mol. The van der Waals surface area contributed by atoms with E-state index in [-0.39, 0.29) is 17.5 Å². The SMILES string of the molecule is CNc1ncc(-c2cc(C)cc(F)c2)c(N2CCC(NC(=O)OC(C)(C)C)CC2)c1[N+](=O)[O-]. The summed E-state index contributed by atoms with van der Waals surface area (Å²) in [5.74, 6) is -0.280. The van der Waals surface area contributed by atoms with E-state index in [1.54, 1.807) is 40.8 Å². The fourth-order valence-corrected chi connectivity index (χ4v) is 3.99. The third-order valence-corrected chi connectivity index (χ3v) is 5.33. The molecule has 2 aromatic rings. The van der Waals surface area contributed by atoms with Gasteiger partial charge in [0.05, 0.1) is 4.92 Å². The summed E-state index contributed by atoms with van der Waals surface area (Å²) in [4.78, 5) is 29.8. The van der Waals surface area contributed by atoms with Crippen LogP contribution < -0.4 is 15.5 Å². The monoisotopic (exact) mass is 459 g/mol. The third-order valence-electron chi connectivity index (χ3n) is 5.33. The molecule has 0 saturated carbocycles. The van der Waals surface area contributed by atoms with Gasteiger partial charge in [-0.2, -0.15) is 0 Å². The van der Waals surface area contributed by atoms with E-state index in [1.165, 1.54) is 18.3 Å². The molecule has 1 fully saturated rings. The topological polar surface area (TPSA) is 110 Å². The first-order valence-electron chi connectivity index (χ1n) is 10.9. The molecule has 0 aliphatic carbocycles. The molecule has 2 N–H and O–H groups in total. The lowest BCUT2D eigenvalue weighted by molar-refractivity contribution is -0.383. The summed E-state index contributed by atoms with van der Waals surface area (Å²) in [5, 5.41) is 17.7. The molecule has 2 heterocycles. The highest BCUT2D eigenvalue weighted by Crippen LogP contribution is 2.43. The predicted octanol–water partition coefficient (Wildman–Crippen LogP) is 4.64. The van der Waals surface area contributed by atoms with Crippen LogP contribution >= 0.6 is 0 Å². The zero-order valence-electron chi connectivity index (χ0n) is 19.6. The van der Waals surface area contributed by atoms with Crippen LogP contribution in [-0.2, 0) is 4.74 Å². The second-order valence-electron chi connectivity index (χ2n) is 9.15. The van der Waals surface area contributed by atoms with Gasteiger partial charge in [-0.25, -0.2) is 14.2 Å². The van der Waals surface area contributed by atoms with Crippen LogP contribution in [0.2, 0.25) is 0 Å². The van der Waals surface area contributed by atoms with Gasteiger partial charge in [-0.1, -0.05) is 6.07 Å². The van der Waals surface area contributed by atoms with E-state index in [0.29, 0.717) is 48.3 Å². The lowest BCUT2D eigenvalue weighted by atomic mass is 9.98. The molecule has 1 aliphatic rings. The number of halogens is 1. The Labute approximate surface area is 192 Å². The molecule has 0 unspecified atom stereocenters. The Bertz CT molecular complexity index is 1030. The van der Waals surface area contributed by atoms with E-state index < -0.39 is 22.4 Å². The van der Waals surface area contributed by atoms with Gasteiger partial charge in [0.1, 0.15) is 17.1 Å². The Balaban J connectivity index is 1.93. The first kappa shape index (κ1) is 24.2. The summed E-state index contributed by atoms with van der Waals surface area (Å²) in [7, 11) is 1.57. The number of anilines is 2. The number of carbonyl (C=O) groups excluding carboxylic acids is 1. The Morgan fingerprint density at radius 1 is 1.27 bits per heavy atom. The second kappa shape index (κ2) is 9.60. The minimum absolute atomic E-state index is 0.111. The molecular formula is C23H30FN5O4. The second-order valence-corrected chi connectivity index (χ2v) is 9.15. The molecule has 0 atom stereocenters. The number of piperidine rings is 1. The Morgan fingerprint density at radius 2 is 1.94 bits per heavy atom. The van der Waals surface area contributed by atoms with E-state index in [9.17, 15) is 19.3 Å². The van der Waals surface area contributed by atoms with E-state index >= 15 is 0 Å². The molecule has 1 aromatic carbocycles. The standard InChI is InChI=1S/C23H30FN5O4/c1-14-10-15(12-16(24)11-14)18-13-26-21(25-5)20(29(31)32)19(18)28-8-6-17(7-9-28)27-22(30)33-23(2,3)4/h10-13,17H,6-9H2,1-5H3,(H,25,26)(H,27,30). The molecule has 1 saturated heterocycles. The van der Waals surface area contributed by atoms with Crippen molar-refractivity contribution in [2.45, 2.75) is 52.2 Å².